The van der Waals surface area contributed by atoms with Crippen LogP contribution in [0.1, 0.15) is 44.6 Å². The van der Waals surface area contributed by atoms with Gasteiger partial charge >= 0.3 is 0 Å². The van der Waals surface area contributed by atoms with E-state index in [1.54, 1.807) is 16.4 Å². The second kappa shape index (κ2) is 7.54. The first-order valence-electron chi connectivity index (χ1n) is 9.27. The topological polar surface area (TPSA) is 40.6 Å². The molecule has 5 heteroatoms. The summed E-state index contributed by atoms with van der Waals surface area (Å²) in [4.78, 5) is 2.96. The number of aryl methyl sites for hydroxylation is 1. The van der Waals surface area contributed by atoms with Crippen molar-refractivity contribution in [2.75, 3.05) is 26.2 Å². The highest BCUT2D eigenvalue weighted by molar-refractivity contribution is 7.89. The van der Waals surface area contributed by atoms with Crippen molar-refractivity contribution in [2.45, 2.75) is 56.9 Å². The van der Waals surface area contributed by atoms with Crippen LogP contribution in [0.4, 0.5) is 0 Å². The fraction of sp³-hybridized carbons (Fsp3) is 0.684. The fourth-order valence-corrected chi connectivity index (χ4v) is 5.77. The lowest BCUT2D eigenvalue weighted by Gasteiger charge is -2.32. The normalized spacial score (nSPS) is 24.5. The van der Waals surface area contributed by atoms with E-state index in [-0.39, 0.29) is 6.04 Å². The maximum absolute atomic E-state index is 13.0. The molecule has 0 saturated carbocycles. The summed E-state index contributed by atoms with van der Waals surface area (Å²) in [5, 5.41) is 0. The Kier molecular flexibility index (Phi) is 5.63. The van der Waals surface area contributed by atoms with E-state index in [2.05, 4.69) is 11.8 Å². The van der Waals surface area contributed by atoms with Crippen LogP contribution in [0.15, 0.2) is 29.2 Å². The summed E-state index contributed by atoms with van der Waals surface area (Å²) in [6.07, 6.45) is 5.48. The zero-order valence-electron chi connectivity index (χ0n) is 14.9. The van der Waals surface area contributed by atoms with Gasteiger partial charge in [0.2, 0.25) is 10.0 Å². The van der Waals surface area contributed by atoms with Gasteiger partial charge in [-0.2, -0.15) is 4.31 Å². The standard InChI is InChI=1S/C19H30N2O2S/c1-16-8-12-20(13-9-16)14-10-18-6-4-11-21(18)24(22,23)19-7-3-5-17(2)15-19/h3,5,7,15-16,18H,4,6,8-14H2,1-2H3. The third-order valence-electron chi connectivity index (χ3n) is 5.57. The molecule has 2 heterocycles. The van der Waals surface area contributed by atoms with E-state index in [4.69, 9.17) is 0 Å². The Morgan fingerprint density at radius 3 is 2.58 bits per heavy atom. The van der Waals surface area contributed by atoms with Crippen LogP contribution < -0.4 is 0 Å². The first-order chi connectivity index (χ1) is 11.5. The summed E-state index contributed by atoms with van der Waals surface area (Å²) in [5.74, 6) is 0.839. The molecule has 2 aliphatic rings. The number of hydrogen-bond acceptors (Lipinski definition) is 3. The minimum atomic E-state index is -3.36. The second-order valence-corrected chi connectivity index (χ2v) is 9.43. The first kappa shape index (κ1) is 17.9. The van der Waals surface area contributed by atoms with E-state index in [0.29, 0.717) is 11.4 Å². The molecule has 4 nitrogen and oxygen atoms in total. The van der Waals surface area contributed by atoms with Crippen LogP contribution in [-0.2, 0) is 10.0 Å². The Labute approximate surface area is 146 Å². The number of sulfonamides is 1. The first-order valence-corrected chi connectivity index (χ1v) is 10.7. The molecule has 0 bridgehead atoms. The summed E-state index contributed by atoms with van der Waals surface area (Å²) in [5.41, 5.74) is 0.995. The van der Waals surface area contributed by atoms with Crippen molar-refractivity contribution in [1.29, 1.82) is 0 Å². The molecule has 3 rings (SSSR count). The molecule has 0 amide bonds. The van der Waals surface area contributed by atoms with Crippen molar-refractivity contribution in [1.82, 2.24) is 9.21 Å². The largest absolute Gasteiger partial charge is 0.303 e. The molecule has 0 aliphatic carbocycles. The molecule has 0 spiro atoms. The third-order valence-corrected chi connectivity index (χ3v) is 7.52. The van der Waals surface area contributed by atoms with Gasteiger partial charge in [0.1, 0.15) is 0 Å². The van der Waals surface area contributed by atoms with Crippen molar-refractivity contribution in [2.24, 2.45) is 5.92 Å². The van der Waals surface area contributed by atoms with E-state index in [1.807, 2.05) is 19.1 Å². The van der Waals surface area contributed by atoms with Crippen molar-refractivity contribution in [3.05, 3.63) is 29.8 Å². The van der Waals surface area contributed by atoms with E-state index >= 15 is 0 Å². The minimum Gasteiger partial charge on any atom is -0.303 e. The summed E-state index contributed by atoms with van der Waals surface area (Å²) in [6, 6.07) is 7.45. The van der Waals surface area contributed by atoms with Crippen molar-refractivity contribution < 1.29 is 8.42 Å². The van der Waals surface area contributed by atoms with Crippen LogP contribution in [-0.4, -0.2) is 49.8 Å². The van der Waals surface area contributed by atoms with Gasteiger partial charge in [-0.1, -0.05) is 19.1 Å². The molecule has 2 aliphatic heterocycles. The number of likely N-dealkylation sites (tertiary alicyclic amines) is 1. The molecule has 2 fully saturated rings. The number of rotatable bonds is 5. The average Bonchev–Trinajstić information content (AvgIpc) is 3.04. The number of hydrogen-bond donors (Lipinski definition) is 0. The van der Waals surface area contributed by atoms with Gasteiger partial charge < -0.3 is 4.90 Å². The van der Waals surface area contributed by atoms with Gasteiger partial charge in [0, 0.05) is 12.6 Å². The van der Waals surface area contributed by atoms with E-state index in [0.717, 1.165) is 37.3 Å². The summed E-state index contributed by atoms with van der Waals surface area (Å²) >= 11 is 0. The molecule has 1 unspecified atom stereocenters. The van der Waals surface area contributed by atoms with E-state index in [9.17, 15) is 8.42 Å². The molecule has 0 radical (unpaired) electrons. The molecule has 24 heavy (non-hydrogen) atoms. The zero-order chi connectivity index (χ0) is 17.2. The van der Waals surface area contributed by atoms with Gasteiger partial charge in [-0.15, -0.1) is 0 Å². The number of piperidine rings is 1. The van der Waals surface area contributed by atoms with Gasteiger partial charge in [-0.25, -0.2) is 8.42 Å². The van der Waals surface area contributed by atoms with Crippen molar-refractivity contribution >= 4 is 10.0 Å². The van der Waals surface area contributed by atoms with Crippen LogP contribution in [0.5, 0.6) is 0 Å². The number of nitrogens with zero attached hydrogens (tertiary/aromatic N) is 2. The van der Waals surface area contributed by atoms with Gasteiger partial charge in [0.15, 0.2) is 0 Å². The summed E-state index contributed by atoms with van der Waals surface area (Å²) in [7, 11) is -3.36. The maximum atomic E-state index is 13.0. The summed E-state index contributed by atoms with van der Waals surface area (Å²) in [6.45, 7) is 8.29. The Hall–Kier alpha value is -0.910. The quantitative estimate of drug-likeness (QED) is 0.818. The lowest BCUT2D eigenvalue weighted by molar-refractivity contribution is 0.179. The molecule has 2 saturated heterocycles. The van der Waals surface area contributed by atoms with Crippen molar-refractivity contribution in [3.8, 4) is 0 Å². The number of benzene rings is 1. The molecule has 1 aromatic rings. The highest BCUT2D eigenvalue weighted by atomic mass is 32.2. The van der Waals surface area contributed by atoms with E-state index in [1.165, 1.54) is 25.9 Å². The molecular weight excluding hydrogens is 320 g/mol. The minimum absolute atomic E-state index is 0.162. The molecular formula is C19H30N2O2S. The molecule has 134 valence electrons. The van der Waals surface area contributed by atoms with Gasteiger partial charge in [0.25, 0.3) is 0 Å². The van der Waals surface area contributed by atoms with Gasteiger partial charge in [0.05, 0.1) is 4.90 Å². The van der Waals surface area contributed by atoms with Gasteiger partial charge in [-0.3, -0.25) is 0 Å². The monoisotopic (exact) mass is 350 g/mol. The maximum Gasteiger partial charge on any atom is 0.243 e. The predicted octanol–water partition coefficient (Wildman–Crippen LogP) is 3.27. The Morgan fingerprint density at radius 1 is 1.12 bits per heavy atom. The lowest BCUT2D eigenvalue weighted by atomic mass is 9.99. The molecule has 1 aromatic carbocycles. The predicted molar refractivity (Wildman–Crippen MR) is 97.5 cm³/mol. The highest BCUT2D eigenvalue weighted by Gasteiger charge is 2.35. The van der Waals surface area contributed by atoms with E-state index < -0.39 is 10.0 Å². The van der Waals surface area contributed by atoms with Crippen LogP contribution >= 0.6 is 0 Å². The molecule has 0 N–H and O–H groups in total. The second-order valence-electron chi connectivity index (χ2n) is 7.54. The zero-order valence-corrected chi connectivity index (χ0v) is 15.8. The highest BCUT2D eigenvalue weighted by Crippen LogP contribution is 2.28. The fourth-order valence-electron chi connectivity index (χ4n) is 3.94. The lowest BCUT2D eigenvalue weighted by Crippen LogP contribution is -2.40. The smallest absolute Gasteiger partial charge is 0.243 e. The van der Waals surface area contributed by atoms with Gasteiger partial charge in [-0.05, 0) is 82.3 Å². The van der Waals surface area contributed by atoms with Crippen LogP contribution in [0.25, 0.3) is 0 Å². The third kappa shape index (κ3) is 4.01. The van der Waals surface area contributed by atoms with Crippen LogP contribution in [0, 0.1) is 12.8 Å². The molecule has 0 aromatic heterocycles. The average molecular weight is 351 g/mol. The SMILES string of the molecule is Cc1cccc(S(=O)(=O)N2CCCC2CCN2CCC(C)CC2)c1. The Balaban J connectivity index is 1.64. The Morgan fingerprint density at radius 2 is 1.88 bits per heavy atom. The summed E-state index contributed by atoms with van der Waals surface area (Å²) < 4.78 is 27.8. The van der Waals surface area contributed by atoms with Crippen LogP contribution in [0.2, 0.25) is 0 Å². The molecule has 1 atom stereocenters. The van der Waals surface area contributed by atoms with Crippen LogP contribution in [0.3, 0.4) is 0 Å². The Bertz CT molecular complexity index is 651. The van der Waals surface area contributed by atoms with Crippen molar-refractivity contribution in [3.63, 3.8) is 0 Å².